The van der Waals surface area contributed by atoms with E-state index >= 15 is 0 Å². The Labute approximate surface area is 128 Å². The molecule has 0 aromatic carbocycles. The lowest BCUT2D eigenvalue weighted by molar-refractivity contribution is -0.146. The van der Waals surface area contributed by atoms with E-state index in [1.165, 1.54) is 38.5 Å². The Morgan fingerprint density at radius 3 is 2.15 bits per heavy atom. The van der Waals surface area contributed by atoms with Crippen molar-refractivity contribution in [2.45, 2.75) is 51.0 Å². The minimum absolute atomic E-state index is 0. The fourth-order valence-corrected chi connectivity index (χ4v) is 5.09. The highest BCUT2D eigenvalue weighted by Crippen LogP contribution is 2.55. The van der Waals surface area contributed by atoms with Gasteiger partial charge in [0, 0.05) is 12.6 Å². The van der Waals surface area contributed by atoms with E-state index in [9.17, 15) is 4.79 Å². The van der Waals surface area contributed by atoms with Gasteiger partial charge in [-0.2, -0.15) is 0 Å². The summed E-state index contributed by atoms with van der Waals surface area (Å²) in [4.78, 5) is 11.5. The second kappa shape index (κ2) is 6.20. The monoisotopic (exact) mass is 302 g/mol. The van der Waals surface area contributed by atoms with Crippen LogP contribution in [0.15, 0.2) is 0 Å². The molecule has 4 rings (SSSR count). The predicted octanol–water partition coefficient (Wildman–Crippen LogP) is 2.38. The minimum atomic E-state index is -0.137. The van der Waals surface area contributed by atoms with Crippen LogP contribution in [0.1, 0.15) is 45.4 Å². The Hall–Kier alpha value is -0.320. The zero-order valence-corrected chi connectivity index (χ0v) is 13.4. The van der Waals surface area contributed by atoms with Gasteiger partial charge in [0.2, 0.25) is 0 Å². The quantitative estimate of drug-likeness (QED) is 0.625. The summed E-state index contributed by atoms with van der Waals surface area (Å²) in [5.74, 6) is 2.64. The van der Waals surface area contributed by atoms with Crippen LogP contribution in [0, 0.1) is 17.8 Å². The Morgan fingerprint density at radius 1 is 1.20 bits per heavy atom. The highest BCUT2D eigenvalue weighted by atomic mass is 35.5. The Kier molecular flexibility index (Phi) is 4.98. The van der Waals surface area contributed by atoms with Gasteiger partial charge in [-0.05, 0) is 63.2 Å². The van der Waals surface area contributed by atoms with Crippen molar-refractivity contribution in [2.24, 2.45) is 17.8 Å². The van der Waals surface area contributed by atoms with Crippen LogP contribution in [0.3, 0.4) is 0 Å². The Morgan fingerprint density at radius 2 is 1.70 bits per heavy atom. The van der Waals surface area contributed by atoms with E-state index in [2.05, 4.69) is 5.43 Å². The number of nitrogens with zero attached hydrogens (tertiary/aromatic N) is 1. The average molecular weight is 303 g/mol. The van der Waals surface area contributed by atoms with E-state index in [4.69, 9.17) is 4.74 Å². The number of likely N-dealkylation sites (N-methyl/N-ethyl adjacent to an activating group) is 1. The first-order valence-corrected chi connectivity index (χ1v) is 7.73. The summed E-state index contributed by atoms with van der Waals surface area (Å²) >= 11 is 0. The number of ether oxygens (including phenoxy) is 1. The molecule has 0 aliphatic heterocycles. The van der Waals surface area contributed by atoms with E-state index in [1.54, 1.807) is 0 Å². The van der Waals surface area contributed by atoms with Gasteiger partial charge in [-0.3, -0.25) is 4.79 Å². The lowest BCUT2D eigenvalue weighted by Crippen LogP contribution is -2.62. The summed E-state index contributed by atoms with van der Waals surface area (Å²) in [5, 5.41) is 1.95. The van der Waals surface area contributed by atoms with Crippen LogP contribution in [0.2, 0.25) is 0 Å². The molecule has 4 aliphatic carbocycles. The van der Waals surface area contributed by atoms with Gasteiger partial charge in [0.25, 0.3) is 0 Å². The van der Waals surface area contributed by atoms with Crippen molar-refractivity contribution in [3.8, 4) is 0 Å². The topological polar surface area (TPSA) is 41.6 Å². The molecule has 0 amide bonds. The number of hydrogen-bond donors (Lipinski definition) is 1. The number of halogens is 1. The van der Waals surface area contributed by atoms with Gasteiger partial charge in [0.1, 0.15) is 6.54 Å². The fourth-order valence-electron chi connectivity index (χ4n) is 5.09. The zero-order valence-electron chi connectivity index (χ0n) is 12.6. The van der Waals surface area contributed by atoms with E-state index < -0.39 is 0 Å². The molecular formula is C15H27ClN2O2. The first-order chi connectivity index (χ1) is 9.08. The molecule has 4 saturated carbocycles. The fraction of sp³-hybridized carbons (Fsp3) is 0.933. The molecular weight excluding hydrogens is 276 g/mol. The third-order valence-corrected chi connectivity index (χ3v) is 5.14. The second-order valence-corrected chi connectivity index (χ2v) is 6.97. The number of hydrazine groups is 1. The van der Waals surface area contributed by atoms with Gasteiger partial charge < -0.3 is 4.74 Å². The summed E-state index contributed by atoms with van der Waals surface area (Å²) in [5.41, 5.74) is 3.92. The maximum Gasteiger partial charge on any atom is 0.321 e. The van der Waals surface area contributed by atoms with Gasteiger partial charge in [-0.25, -0.2) is 10.4 Å². The van der Waals surface area contributed by atoms with Crippen molar-refractivity contribution >= 4 is 18.4 Å². The zero-order chi connectivity index (χ0) is 13.5. The number of rotatable bonds is 5. The van der Waals surface area contributed by atoms with Gasteiger partial charge >= 0.3 is 5.97 Å². The van der Waals surface area contributed by atoms with E-state index in [1.807, 2.05) is 19.0 Å². The smallest absolute Gasteiger partial charge is 0.321 e. The lowest BCUT2D eigenvalue weighted by Gasteiger charge is -2.57. The molecule has 0 aromatic heterocycles. The molecule has 0 saturated heterocycles. The summed E-state index contributed by atoms with van der Waals surface area (Å²) in [7, 11) is 1.97. The Bertz CT molecular complexity index is 326. The van der Waals surface area contributed by atoms with Gasteiger partial charge in [0.05, 0.1) is 6.61 Å². The average Bonchev–Trinajstić information content (AvgIpc) is 2.25. The summed E-state index contributed by atoms with van der Waals surface area (Å²) in [6.45, 7) is 2.66. The van der Waals surface area contributed by atoms with E-state index in [0.717, 1.165) is 17.8 Å². The molecule has 0 aromatic rings. The van der Waals surface area contributed by atoms with Crippen molar-refractivity contribution in [1.29, 1.82) is 0 Å². The van der Waals surface area contributed by atoms with Crippen LogP contribution in [0.4, 0.5) is 0 Å². The molecule has 4 nitrogen and oxygen atoms in total. The number of esters is 1. The van der Waals surface area contributed by atoms with Crippen LogP contribution >= 0.6 is 12.4 Å². The van der Waals surface area contributed by atoms with Crippen molar-refractivity contribution < 1.29 is 9.53 Å². The first kappa shape index (κ1) is 16.1. The van der Waals surface area contributed by atoms with Crippen molar-refractivity contribution in [1.82, 2.24) is 10.4 Å². The largest absolute Gasteiger partial charge is 0.465 e. The highest BCUT2D eigenvalue weighted by molar-refractivity contribution is 5.85. The van der Waals surface area contributed by atoms with Gasteiger partial charge in [-0.15, -0.1) is 12.4 Å². The Balaban J connectivity index is 0.00000147. The maximum atomic E-state index is 11.5. The molecule has 5 heteroatoms. The molecule has 20 heavy (non-hydrogen) atoms. The highest BCUT2D eigenvalue weighted by Gasteiger charge is 2.51. The number of carbonyl (C=O) groups excluding carboxylic acids is 1. The van der Waals surface area contributed by atoms with Gasteiger partial charge in [0.15, 0.2) is 0 Å². The molecule has 0 atom stereocenters. The number of hydrogen-bond acceptors (Lipinski definition) is 4. The molecule has 116 valence electrons. The molecule has 1 N–H and O–H groups in total. The van der Waals surface area contributed by atoms with Crippen molar-refractivity contribution in [3.05, 3.63) is 0 Å². The summed E-state index contributed by atoms with van der Waals surface area (Å²) in [6, 6.07) is 0. The summed E-state index contributed by atoms with van der Waals surface area (Å²) in [6.07, 6.45) is 8.23. The second-order valence-electron chi connectivity index (χ2n) is 6.97. The normalized spacial score (nSPS) is 37.9. The van der Waals surface area contributed by atoms with Crippen LogP contribution in [-0.2, 0) is 9.53 Å². The SMILES string of the molecule is CCOC(=O)CN(C)NC12CC3CC(CC(C3)C1)C2.Cl. The molecule has 0 unspecified atom stereocenters. The standard InChI is InChI=1S/C15H26N2O2.ClH/c1-3-19-14(18)10-17(2)16-15-7-11-4-12(8-15)6-13(5-11)9-15;/h11-13,16H,3-10H2,1-2H3;1H. The first-order valence-electron chi connectivity index (χ1n) is 7.73. The van der Waals surface area contributed by atoms with Crippen molar-refractivity contribution in [3.63, 3.8) is 0 Å². The van der Waals surface area contributed by atoms with E-state index in [0.29, 0.717) is 13.2 Å². The molecule has 0 heterocycles. The molecule has 0 radical (unpaired) electrons. The third kappa shape index (κ3) is 3.29. The van der Waals surface area contributed by atoms with E-state index in [-0.39, 0.29) is 23.9 Å². The van der Waals surface area contributed by atoms with Crippen LogP contribution in [-0.4, -0.2) is 36.7 Å². The molecule has 4 aliphatic rings. The minimum Gasteiger partial charge on any atom is -0.465 e. The summed E-state index contributed by atoms with van der Waals surface area (Å²) < 4.78 is 5.01. The third-order valence-electron chi connectivity index (χ3n) is 5.14. The van der Waals surface area contributed by atoms with Gasteiger partial charge in [-0.1, -0.05) is 0 Å². The molecule has 4 fully saturated rings. The maximum absolute atomic E-state index is 11.5. The van der Waals surface area contributed by atoms with Crippen LogP contribution in [0.5, 0.6) is 0 Å². The van der Waals surface area contributed by atoms with Crippen molar-refractivity contribution in [2.75, 3.05) is 20.2 Å². The lowest BCUT2D eigenvalue weighted by atomic mass is 9.53. The van der Waals surface area contributed by atoms with Crippen LogP contribution in [0.25, 0.3) is 0 Å². The predicted molar refractivity (Wildman–Crippen MR) is 80.5 cm³/mol. The molecule has 4 bridgehead atoms. The van der Waals surface area contributed by atoms with Crippen LogP contribution < -0.4 is 5.43 Å². The number of carbonyl (C=O) groups is 1. The molecule has 0 spiro atoms. The number of nitrogens with one attached hydrogen (secondary N) is 1.